The number of carbonyl (C=O) groups is 1. The first-order valence-corrected chi connectivity index (χ1v) is 8.30. The van der Waals surface area contributed by atoms with Gasteiger partial charge in [0.2, 0.25) is 5.76 Å². The lowest BCUT2D eigenvalue weighted by atomic mass is 10.1. The Kier molecular flexibility index (Phi) is 3.72. The highest BCUT2D eigenvalue weighted by molar-refractivity contribution is 5.90. The number of anilines is 2. The molecular formula is C17H20FN3O4. The van der Waals surface area contributed by atoms with Gasteiger partial charge in [-0.1, -0.05) is 0 Å². The lowest BCUT2D eigenvalue weighted by molar-refractivity contribution is -0.135. The van der Waals surface area contributed by atoms with Crippen molar-refractivity contribution in [2.24, 2.45) is 0 Å². The summed E-state index contributed by atoms with van der Waals surface area (Å²) in [7, 11) is 2.04. The lowest BCUT2D eigenvalue weighted by Crippen LogP contribution is -2.46. The number of aliphatic carboxylic acids is 1. The zero-order chi connectivity index (χ0) is 17.7. The van der Waals surface area contributed by atoms with Crippen molar-refractivity contribution in [1.82, 2.24) is 4.90 Å². The highest BCUT2D eigenvalue weighted by Crippen LogP contribution is 2.51. The fraction of sp³-hybridized carbons (Fsp3) is 0.471. The molecule has 1 aromatic carbocycles. The van der Waals surface area contributed by atoms with Crippen LogP contribution < -0.4 is 19.3 Å². The van der Waals surface area contributed by atoms with Crippen molar-refractivity contribution in [2.45, 2.75) is 13.0 Å². The van der Waals surface area contributed by atoms with Gasteiger partial charge in [0.15, 0.2) is 17.3 Å². The van der Waals surface area contributed by atoms with Crippen LogP contribution in [0.4, 0.5) is 15.8 Å². The zero-order valence-electron chi connectivity index (χ0n) is 14.2. The van der Waals surface area contributed by atoms with Crippen LogP contribution in [-0.4, -0.2) is 61.9 Å². The van der Waals surface area contributed by atoms with Crippen molar-refractivity contribution >= 4 is 17.3 Å². The van der Waals surface area contributed by atoms with E-state index in [2.05, 4.69) is 4.90 Å². The molecule has 0 aromatic heterocycles. The van der Waals surface area contributed by atoms with Gasteiger partial charge in [0.25, 0.3) is 0 Å². The van der Waals surface area contributed by atoms with Crippen LogP contribution in [0.15, 0.2) is 18.0 Å². The first kappa shape index (κ1) is 16.0. The molecule has 3 aliphatic heterocycles. The SMILES string of the molecule is CC1COc2c(N3CCN(C)CC3)c(F)cc3c2N1C=C(C(=O)O)O3. The Hall–Kier alpha value is -2.48. The third-order valence-electron chi connectivity index (χ3n) is 4.86. The number of piperazine rings is 1. The third kappa shape index (κ3) is 2.57. The summed E-state index contributed by atoms with van der Waals surface area (Å²) in [6, 6.07) is 1.19. The minimum atomic E-state index is -1.19. The quantitative estimate of drug-likeness (QED) is 0.868. The van der Waals surface area contributed by atoms with E-state index in [4.69, 9.17) is 9.47 Å². The predicted molar refractivity (Wildman–Crippen MR) is 89.9 cm³/mol. The Morgan fingerprint density at radius 1 is 1.28 bits per heavy atom. The van der Waals surface area contributed by atoms with Gasteiger partial charge in [0.05, 0.1) is 12.2 Å². The average molecular weight is 349 g/mol. The first-order chi connectivity index (χ1) is 12.0. The first-order valence-electron chi connectivity index (χ1n) is 8.30. The standard InChI is InChI=1S/C17H20FN3O4/c1-10-9-24-16-14(20-5-3-19(2)4-6-20)11(18)7-12-15(16)21(10)8-13(25-12)17(22)23/h7-8,10H,3-6,9H2,1-2H3,(H,22,23). The number of hydrogen-bond acceptors (Lipinski definition) is 6. The van der Waals surface area contributed by atoms with E-state index in [1.807, 2.05) is 18.9 Å². The van der Waals surface area contributed by atoms with Crippen molar-refractivity contribution in [3.8, 4) is 11.5 Å². The van der Waals surface area contributed by atoms with Gasteiger partial charge < -0.3 is 29.3 Å². The Morgan fingerprint density at radius 3 is 2.68 bits per heavy atom. The number of hydrogen-bond donors (Lipinski definition) is 1. The van der Waals surface area contributed by atoms with E-state index in [0.29, 0.717) is 36.8 Å². The molecule has 1 fully saturated rings. The summed E-state index contributed by atoms with van der Waals surface area (Å²) in [5.74, 6) is -1.26. The molecule has 0 radical (unpaired) electrons. The molecule has 0 saturated carbocycles. The van der Waals surface area contributed by atoms with E-state index in [9.17, 15) is 14.3 Å². The number of ether oxygens (including phenoxy) is 2. The van der Waals surface area contributed by atoms with E-state index in [0.717, 1.165) is 13.1 Å². The molecule has 1 N–H and O–H groups in total. The van der Waals surface area contributed by atoms with Crippen LogP contribution in [0.5, 0.6) is 11.5 Å². The molecule has 7 nitrogen and oxygen atoms in total. The highest BCUT2D eigenvalue weighted by Gasteiger charge is 2.37. The topological polar surface area (TPSA) is 65.5 Å². The smallest absolute Gasteiger partial charge is 0.373 e. The molecule has 1 atom stereocenters. The number of rotatable bonds is 2. The number of likely N-dealkylation sites (N-methyl/N-ethyl adjacent to an activating group) is 1. The Morgan fingerprint density at radius 2 is 2.00 bits per heavy atom. The van der Waals surface area contributed by atoms with Gasteiger partial charge in [-0.3, -0.25) is 0 Å². The lowest BCUT2D eigenvalue weighted by Gasteiger charge is -2.41. The Balaban J connectivity index is 1.81. The van der Waals surface area contributed by atoms with E-state index in [1.165, 1.54) is 12.3 Å². The van der Waals surface area contributed by atoms with Crippen molar-refractivity contribution in [3.63, 3.8) is 0 Å². The number of carboxylic acid groups (broad SMARTS) is 1. The fourth-order valence-electron chi connectivity index (χ4n) is 3.43. The molecule has 0 spiro atoms. The summed E-state index contributed by atoms with van der Waals surface area (Å²) in [4.78, 5) is 17.3. The van der Waals surface area contributed by atoms with Gasteiger partial charge in [-0.05, 0) is 14.0 Å². The van der Waals surface area contributed by atoms with Gasteiger partial charge in [0.1, 0.15) is 18.0 Å². The summed E-state index contributed by atoms with van der Waals surface area (Å²) < 4.78 is 26.2. The van der Waals surface area contributed by atoms with E-state index in [1.54, 1.807) is 4.90 Å². The summed E-state index contributed by atoms with van der Waals surface area (Å²) in [5, 5.41) is 9.25. The third-order valence-corrected chi connectivity index (χ3v) is 4.86. The average Bonchev–Trinajstić information content (AvgIpc) is 2.58. The molecule has 25 heavy (non-hydrogen) atoms. The number of benzene rings is 1. The molecular weight excluding hydrogens is 329 g/mol. The molecule has 1 aromatic rings. The zero-order valence-corrected chi connectivity index (χ0v) is 14.2. The summed E-state index contributed by atoms with van der Waals surface area (Å²) in [5.41, 5.74) is 1.03. The number of halogens is 1. The highest BCUT2D eigenvalue weighted by atomic mass is 19.1. The monoisotopic (exact) mass is 349 g/mol. The largest absolute Gasteiger partial charge is 0.487 e. The minimum Gasteiger partial charge on any atom is -0.487 e. The second-order valence-corrected chi connectivity index (χ2v) is 6.64. The molecule has 0 aliphatic carbocycles. The van der Waals surface area contributed by atoms with Gasteiger partial charge in [0, 0.05) is 32.2 Å². The minimum absolute atomic E-state index is 0.0738. The maximum Gasteiger partial charge on any atom is 0.373 e. The summed E-state index contributed by atoms with van der Waals surface area (Å²) >= 11 is 0. The fourth-order valence-corrected chi connectivity index (χ4v) is 3.43. The van der Waals surface area contributed by atoms with Crippen molar-refractivity contribution < 1.29 is 23.8 Å². The van der Waals surface area contributed by atoms with Crippen LogP contribution in [-0.2, 0) is 4.79 Å². The maximum atomic E-state index is 14.9. The van der Waals surface area contributed by atoms with Crippen LogP contribution in [0.3, 0.4) is 0 Å². The second kappa shape index (κ2) is 5.80. The summed E-state index contributed by atoms with van der Waals surface area (Å²) in [6.45, 7) is 5.36. The van der Waals surface area contributed by atoms with Gasteiger partial charge in [-0.2, -0.15) is 0 Å². The summed E-state index contributed by atoms with van der Waals surface area (Å²) in [6.07, 6.45) is 1.45. The van der Waals surface area contributed by atoms with E-state index >= 15 is 0 Å². The number of nitrogens with zero attached hydrogens (tertiary/aromatic N) is 3. The van der Waals surface area contributed by atoms with Crippen LogP contribution >= 0.6 is 0 Å². The van der Waals surface area contributed by atoms with Gasteiger partial charge in [-0.15, -0.1) is 0 Å². The Bertz CT molecular complexity index is 759. The molecule has 3 heterocycles. The van der Waals surface area contributed by atoms with Crippen LogP contribution in [0.2, 0.25) is 0 Å². The molecule has 1 saturated heterocycles. The van der Waals surface area contributed by atoms with Crippen molar-refractivity contribution in [1.29, 1.82) is 0 Å². The van der Waals surface area contributed by atoms with Crippen LogP contribution in [0.1, 0.15) is 6.92 Å². The molecule has 8 heteroatoms. The van der Waals surface area contributed by atoms with E-state index in [-0.39, 0.29) is 17.6 Å². The normalized spacial score (nSPS) is 22.7. The van der Waals surface area contributed by atoms with Gasteiger partial charge >= 0.3 is 5.97 Å². The van der Waals surface area contributed by atoms with Crippen LogP contribution in [0, 0.1) is 5.82 Å². The molecule has 4 rings (SSSR count). The van der Waals surface area contributed by atoms with Crippen LogP contribution in [0.25, 0.3) is 0 Å². The van der Waals surface area contributed by atoms with Crippen molar-refractivity contribution in [3.05, 3.63) is 23.8 Å². The molecule has 0 bridgehead atoms. The van der Waals surface area contributed by atoms with Gasteiger partial charge in [-0.25, -0.2) is 9.18 Å². The second-order valence-electron chi connectivity index (χ2n) is 6.64. The molecule has 0 amide bonds. The maximum absolute atomic E-state index is 14.9. The molecule has 1 unspecified atom stereocenters. The molecule has 134 valence electrons. The van der Waals surface area contributed by atoms with Crippen molar-refractivity contribution in [2.75, 3.05) is 49.6 Å². The predicted octanol–water partition coefficient (Wildman–Crippen LogP) is 1.48. The Labute approximate surface area is 144 Å². The van der Waals surface area contributed by atoms with E-state index < -0.39 is 11.8 Å². The number of carboxylic acids is 1. The molecule has 3 aliphatic rings.